The second-order valence-electron chi connectivity index (χ2n) is 2.48. The molecule has 0 fully saturated rings. The highest BCUT2D eigenvalue weighted by Gasteiger charge is 2.17. The maximum atomic E-state index is 11.0. The Bertz CT molecular complexity index is 455. The molecule has 0 aliphatic heterocycles. The summed E-state index contributed by atoms with van der Waals surface area (Å²) in [7, 11) is -3.96. The van der Waals surface area contributed by atoms with Gasteiger partial charge in [-0.3, -0.25) is 10.0 Å². The molecule has 14 heavy (non-hydrogen) atoms. The van der Waals surface area contributed by atoms with E-state index < -0.39 is 15.9 Å². The van der Waals surface area contributed by atoms with Crippen LogP contribution in [0, 0.1) is 0 Å². The number of rotatable bonds is 2. The Hall–Kier alpha value is -1.44. The van der Waals surface area contributed by atoms with Crippen molar-refractivity contribution in [1.82, 2.24) is 5.48 Å². The van der Waals surface area contributed by atoms with E-state index in [0.29, 0.717) is 0 Å². The van der Waals surface area contributed by atoms with Crippen LogP contribution in [0.25, 0.3) is 0 Å². The zero-order chi connectivity index (χ0) is 10.8. The van der Waals surface area contributed by atoms with Gasteiger partial charge in [0.1, 0.15) is 0 Å². The number of carbonyl (C=O) groups is 1. The first kappa shape index (κ1) is 10.6. The van der Waals surface area contributed by atoms with Crippen LogP contribution in [0.4, 0.5) is 0 Å². The second kappa shape index (κ2) is 3.74. The molecule has 1 rings (SSSR count). The van der Waals surface area contributed by atoms with Crippen LogP contribution in [-0.2, 0) is 10.0 Å². The highest BCUT2D eigenvalue weighted by atomic mass is 32.2. The molecule has 4 N–H and O–H groups in total. The zero-order valence-corrected chi connectivity index (χ0v) is 7.78. The number of hydrogen-bond donors (Lipinski definition) is 3. The largest absolute Gasteiger partial charge is 0.288 e. The van der Waals surface area contributed by atoms with Crippen molar-refractivity contribution in [2.24, 2.45) is 5.14 Å². The SMILES string of the molecule is NS(=O)(=O)c1ccccc1C(=O)NO. The lowest BCUT2D eigenvalue weighted by Gasteiger charge is -2.04. The van der Waals surface area contributed by atoms with Crippen molar-refractivity contribution in [2.75, 3.05) is 0 Å². The van der Waals surface area contributed by atoms with Crippen LogP contribution < -0.4 is 10.6 Å². The molecule has 0 spiro atoms. The number of benzene rings is 1. The first-order valence-corrected chi connectivity index (χ1v) is 5.07. The average molecular weight is 216 g/mol. The Kier molecular flexibility index (Phi) is 2.84. The van der Waals surface area contributed by atoms with Gasteiger partial charge in [-0.25, -0.2) is 19.0 Å². The number of carbonyl (C=O) groups excluding carboxylic acids is 1. The molecule has 0 saturated heterocycles. The van der Waals surface area contributed by atoms with Crippen LogP contribution in [0.1, 0.15) is 10.4 Å². The van der Waals surface area contributed by atoms with E-state index in [0.717, 1.165) is 0 Å². The van der Waals surface area contributed by atoms with Crippen LogP contribution >= 0.6 is 0 Å². The van der Waals surface area contributed by atoms with Gasteiger partial charge in [0.05, 0.1) is 10.5 Å². The van der Waals surface area contributed by atoms with Crippen LogP contribution in [0.15, 0.2) is 29.2 Å². The van der Waals surface area contributed by atoms with Crippen molar-refractivity contribution >= 4 is 15.9 Å². The fourth-order valence-electron chi connectivity index (χ4n) is 0.963. The molecular weight excluding hydrogens is 208 g/mol. The molecule has 0 unspecified atom stereocenters. The van der Waals surface area contributed by atoms with Gasteiger partial charge in [0.15, 0.2) is 0 Å². The third-order valence-corrected chi connectivity index (χ3v) is 2.51. The van der Waals surface area contributed by atoms with Crippen molar-refractivity contribution < 1.29 is 18.4 Å². The minimum atomic E-state index is -3.96. The van der Waals surface area contributed by atoms with Gasteiger partial charge >= 0.3 is 0 Å². The van der Waals surface area contributed by atoms with Crippen LogP contribution in [0.2, 0.25) is 0 Å². The molecule has 0 aliphatic rings. The molecule has 1 amide bonds. The molecule has 6 nitrogen and oxygen atoms in total. The summed E-state index contributed by atoms with van der Waals surface area (Å²) in [4.78, 5) is 10.7. The molecule has 76 valence electrons. The molecular formula is C7H8N2O4S. The summed E-state index contributed by atoms with van der Waals surface area (Å²) < 4.78 is 22.0. The number of hydroxylamine groups is 1. The zero-order valence-electron chi connectivity index (χ0n) is 6.97. The lowest BCUT2D eigenvalue weighted by atomic mass is 10.2. The molecule has 0 aromatic heterocycles. The van der Waals surface area contributed by atoms with E-state index >= 15 is 0 Å². The molecule has 0 heterocycles. The van der Waals surface area contributed by atoms with Crippen LogP contribution in [-0.4, -0.2) is 19.5 Å². The summed E-state index contributed by atoms with van der Waals surface area (Å²) in [6, 6.07) is 5.30. The normalized spacial score (nSPS) is 11.0. The van der Waals surface area contributed by atoms with Gasteiger partial charge in [-0.05, 0) is 12.1 Å². The summed E-state index contributed by atoms with van der Waals surface area (Å²) in [5.41, 5.74) is 1.14. The lowest BCUT2D eigenvalue weighted by Crippen LogP contribution is -2.23. The summed E-state index contributed by atoms with van der Waals surface area (Å²) in [5, 5.41) is 13.2. The predicted octanol–water partition coefficient (Wildman–Crippen LogP) is -0.547. The van der Waals surface area contributed by atoms with Gasteiger partial charge in [-0.2, -0.15) is 0 Å². The molecule has 0 atom stereocenters. The highest BCUT2D eigenvalue weighted by molar-refractivity contribution is 7.89. The second-order valence-corrected chi connectivity index (χ2v) is 4.01. The minimum absolute atomic E-state index is 0.197. The Labute approximate surface area is 80.4 Å². The van der Waals surface area contributed by atoms with E-state index in [1.807, 2.05) is 0 Å². The van der Waals surface area contributed by atoms with Crippen molar-refractivity contribution in [2.45, 2.75) is 4.90 Å². The van der Waals surface area contributed by atoms with Gasteiger partial charge in [0.2, 0.25) is 10.0 Å². The van der Waals surface area contributed by atoms with Crippen LogP contribution in [0.3, 0.4) is 0 Å². The number of primary sulfonamides is 1. The summed E-state index contributed by atoms with van der Waals surface area (Å²) in [6.07, 6.45) is 0. The van der Waals surface area contributed by atoms with Crippen molar-refractivity contribution in [3.8, 4) is 0 Å². The Morgan fingerprint density at radius 3 is 2.43 bits per heavy atom. The van der Waals surface area contributed by atoms with Gasteiger partial charge in [0.25, 0.3) is 5.91 Å². The maximum Gasteiger partial charge on any atom is 0.276 e. The first-order valence-electron chi connectivity index (χ1n) is 3.53. The number of hydrogen-bond acceptors (Lipinski definition) is 4. The average Bonchev–Trinajstić information content (AvgIpc) is 2.15. The van der Waals surface area contributed by atoms with E-state index in [2.05, 4.69) is 0 Å². The quantitative estimate of drug-likeness (QED) is 0.455. The number of nitrogens with two attached hydrogens (primary N) is 1. The number of nitrogens with one attached hydrogen (secondary N) is 1. The van der Waals surface area contributed by atoms with Gasteiger partial charge in [0, 0.05) is 0 Å². The fourth-order valence-corrected chi connectivity index (χ4v) is 1.70. The van der Waals surface area contributed by atoms with Crippen molar-refractivity contribution in [3.63, 3.8) is 0 Å². The minimum Gasteiger partial charge on any atom is -0.288 e. The molecule has 0 bridgehead atoms. The molecule has 7 heteroatoms. The Balaban J connectivity index is 3.38. The molecule has 0 radical (unpaired) electrons. The van der Waals surface area contributed by atoms with E-state index in [4.69, 9.17) is 10.3 Å². The van der Waals surface area contributed by atoms with E-state index in [9.17, 15) is 13.2 Å². The summed E-state index contributed by atoms with van der Waals surface area (Å²) >= 11 is 0. The van der Waals surface area contributed by atoms with E-state index in [1.54, 1.807) is 0 Å². The monoisotopic (exact) mass is 216 g/mol. The van der Waals surface area contributed by atoms with Gasteiger partial charge < -0.3 is 0 Å². The maximum absolute atomic E-state index is 11.0. The molecule has 0 saturated carbocycles. The molecule has 1 aromatic carbocycles. The molecule has 1 aromatic rings. The smallest absolute Gasteiger partial charge is 0.276 e. The highest BCUT2D eigenvalue weighted by Crippen LogP contribution is 2.12. The van der Waals surface area contributed by atoms with Crippen molar-refractivity contribution in [3.05, 3.63) is 29.8 Å². The number of amides is 1. The van der Waals surface area contributed by atoms with Gasteiger partial charge in [-0.15, -0.1) is 0 Å². The summed E-state index contributed by atoms with van der Waals surface area (Å²) in [5.74, 6) is -0.922. The van der Waals surface area contributed by atoms with Crippen LogP contribution in [0.5, 0.6) is 0 Å². The van der Waals surface area contributed by atoms with Gasteiger partial charge in [-0.1, -0.05) is 12.1 Å². The van der Waals surface area contributed by atoms with E-state index in [1.165, 1.54) is 29.7 Å². The fraction of sp³-hybridized carbons (Fsp3) is 0. The predicted molar refractivity (Wildman–Crippen MR) is 47.1 cm³/mol. The lowest BCUT2D eigenvalue weighted by molar-refractivity contribution is 0.0702. The third kappa shape index (κ3) is 2.08. The third-order valence-electron chi connectivity index (χ3n) is 1.54. The van der Waals surface area contributed by atoms with E-state index in [-0.39, 0.29) is 10.5 Å². The Morgan fingerprint density at radius 2 is 1.93 bits per heavy atom. The topological polar surface area (TPSA) is 109 Å². The van der Waals surface area contributed by atoms with Crippen molar-refractivity contribution in [1.29, 1.82) is 0 Å². The summed E-state index contributed by atoms with van der Waals surface area (Å²) in [6.45, 7) is 0. The molecule has 0 aliphatic carbocycles. The standard InChI is InChI=1S/C7H8N2O4S/c8-14(12,13)6-4-2-1-3-5(6)7(10)9-11/h1-4,11H,(H,9,10)(H2,8,12,13). The number of sulfonamides is 1. The first-order chi connectivity index (χ1) is 6.46. The Morgan fingerprint density at radius 1 is 1.36 bits per heavy atom.